The van der Waals surface area contributed by atoms with Crippen LogP contribution >= 0.6 is 0 Å². The van der Waals surface area contributed by atoms with E-state index in [4.69, 9.17) is 0 Å². The summed E-state index contributed by atoms with van der Waals surface area (Å²) in [6.07, 6.45) is 6.47. The summed E-state index contributed by atoms with van der Waals surface area (Å²) < 4.78 is 0. The molecule has 9 heavy (non-hydrogen) atoms. The van der Waals surface area contributed by atoms with Gasteiger partial charge in [0, 0.05) is 0 Å². The van der Waals surface area contributed by atoms with Gasteiger partial charge in [-0.2, -0.15) is 0 Å². The number of rotatable bonds is 5. The molecule has 0 saturated heterocycles. The molecule has 0 rings (SSSR count). The second kappa shape index (κ2) is 7.93. The van der Waals surface area contributed by atoms with Gasteiger partial charge in [-0.1, -0.05) is 0 Å². The zero-order valence-corrected chi connectivity index (χ0v) is 6.69. The molecule has 0 radical (unpaired) electrons. The first-order valence-electron chi connectivity index (χ1n) is 4.06. The molecule has 0 saturated carbocycles. The van der Waals surface area contributed by atoms with E-state index in [0.29, 0.717) is 0 Å². The Hall–Kier alpha value is -0.0651. The topological polar surface area (TPSA) is 0 Å². The van der Waals surface area contributed by atoms with Gasteiger partial charge in [0.05, 0.1) is 0 Å². The number of hydrogen-bond acceptors (Lipinski definition) is 0. The summed E-state index contributed by atoms with van der Waals surface area (Å²) in [6, 6.07) is 0. The van der Waals surface area contributed by atoms with Crippen molar-refractivity contribution in [2.75, 3.05) is 0 Å². The summed E-state index contributed by atoms with van der Waals surface area (Å²) in [7, 11) is 0. The van der Waals surface area contributed by atoms with E-state index < -0.39 is 0 Å². The predicted molar refractivity (Wildman–Crippen MR) is 46.4 cm³/mol. The van der Waals surface area contributed by atoms with Gasteiger partial charge >= 0.3 is 58.7 Å². The van der Waals surface area contributed by atoms with Gasteiger partial charge in [-0.3, -0.25) is 0 Å². The van der Waals surface area contributed by atoms with Crippen molar-refractivity contribution >= 4 is 12.9 Å². The molecule has 0 aliphatic carbocycles. The van der Waals surface area contributed by atoms with Crippen LogP contribution in [0.3, 0.4) is 0 Å². The van der Waals surface area contributed by atoms with Crippen LogP contribution in [0.5, 0.6) is 0 Å². The molecule has 0 fully saturated rings. The minimum absolute atomic E-state index is 1.25. The van der Waals surface area contributed by atoms with Gasteiger partial charge in [-0.25, -0.2) is 0 Å². The van der Waals surface area contributed by atoms with Gasteiger partial charge in [0.2, 0.25) is 0 Å². The van der Waals surface area contributed by atoms with Gasteiger partial charge in [-0.05, 0) is 0 Å². The maximum atomic E-state index is 2.30. The molecule has 0 atom stereocenters. The summed E-state index contributed by atoms with van der Waals surface area (Å²) in [6.45, 7) is 6.73. The monoisotopic (exact) mass is 124 g/mol. The van der Waals surface area contributed by atoms with Crippen molar-refractivity contribution in [3.8, 4) is 0 Å². The van der Waals surface area contributed by atoms with E-state index in [0.717, 1.165) is 0 Å². The van der Waals surface area contributed by atoms with Crippen molar-refractivity contribution in [1.29, 1.82) is 0 Å². The van der Waals surface area contributed by atoms with Gasteiger partial charge < -0.3 is 0 Å². The third-order valence-corrected chi connectivity index (χ3v) is 1.35. The Morgan fingerprint density at radius 3 is 2.56 bits per heavy atom. The molecule has 0 aliphatic heterocycles. The third kappa shape index (κ3) is 7.93. The SMILES string of the molecule is CCCB=CCCCC. The predicted octanol–water partition coefficient (Wildman–Crippen LogP) is 2.51. The first kappa shape index (κ1) is 8.93. The first-order valence-corrected chi connectivity index (χ1v) is 4.06. The Labute approximate surface area is 59.6 Å². The average Bonchev–Trinajstić information content (AvgIpc) is 1.89. The van der Waals surface area contributed by atoms with Crippen molar-refractivity contribution in [3.63, 3.8) is 0 Å². The normalized spacial score (nSPS) is 10.0. The summed E-state index contributed by atoms with van der Waals surface area (Å²) >= 11 is 0. The molecule has 0 unspecified atom stereocenters. The standard InChI is InChI=1S/C8H17B/c1-3-5-6-8-9-7-4-2/h8H,3-7H2,1-2H3. The van der Waals surface area contributed by atoms with Crippen LogP contribution in [0.4, 0.5) is 0 Å². The van der Waals surface area contributed by atoms with Gasteiger partial charge in [-0.15, -0.1) is 0 Å². The van der Waals surface area contributed by atoms with Crippen LogP contribution < -0.4 is 0 Å². The van der Waals surface area contributed by atoms with Crippen LogP contribution in [-0.2, 0) is 0 Å². The Bertz CT molecular complexity index is 67.0. The second-order valence-corrected chi connectivity index (χ2v) is 2.40. The van der Waals surface area contributed by atoms with E-state index in [1.54, 1.807) is 0 Å². The van der Waals surface area contributed by atoms with E-state index in [1.165, 1.54) is 32.0 Å². The van der Waals surface area contributed by atoms with Crippen molar-refractivity contribution in [2.45, 2.75) is 45.9 Å². The van der Waals surface area contributed by atoms with Crippen molar-refractivity contribution < 1.29 is 0 Å². The van der Waals surface area contributed by atoms with E-state index in [2.05, 4.69) is 26.7 Å². The van der Waals surface area contributed by atoms with Crippen LogP contribution in [-0.4, -0.2) is 12.9 Å². The number of hydrogen-bond donors (Lipinski definition) is 0. The van der Waals surface area contributed by atoms with E-state index in [-0.39, 0.29) is 0 Å². The van der Waals surface area contributed by atoms with Crippen molar-refractivity contribution in [2.24, 2.45) is 0 Å². The Morgan fingerprint density at radius 1 is 1.22 bits per heavy atom. The molecule has 0 amide bonds. The van der Waals surface area contributed by atoms with Crippen LogP contribution in [0, 0.1) is 0 Å². The molecular formula is C8H17B. The van der Waals surface area contributed by atoms with E-state index in [9.17, 15) is 0 Å². The summed E-state index contributed by atoms with van der Waals surface area (Å²) in [4.78, 5) is 0. The molecule has 0 nitrogen and oxygen atoms in total. The Kier molecular flexibility index (Phi) is 7.88. The summed E-state index contributed by atoms with van der Waals surface area (Å²) in [5.74, 6) is 2.30. The third-order valence-electron chi connectivity index (χ3n) is 1.35. The molecule has 0 aromatic rings. The summed E-state index contributed by atoms with van der Waals surface area (Å²) in [5.41, 5.74) is 0. The molecule has 1 heteroatoms. The molecule has 0 spiro atoms. The fourth-order valence-corrected chi connectivity index (χ4v) is 0.724. The van der Waals surface area contributed by atoms with E-state index in [1.807, 2.05) is 0 Å². The van der Waals surface area contributed by atoms with Crippen LogP contribution in [0.2, 0.25) is 6.32 Å². The van der Waals surface area contributed by atoms with Crippen molar-refractivity contribution in [1.82, 2.24) is 0 Å². The van der Waals surface area contributed by atoms with Crippen LogP contribution in [0.15, 0.2) is 0 Å². The summed E-state index contributed by atoms with van der Waals surface area (Å²) in [5, 5.41) is 0. The van der Waals surface area contributed by atoms with Gasteiger partial charge in [0.15, 0.2) is 0 Å². The molecular weight excluding hydrogens is 107 g/mol. The van der Waals surface area contributed by atoms with Crippen LogP contribution in [0.1, 0.15) is 39.5 Å². The van der Waals surface area contributed by atoms with Crippen molar-refractivity contribution in [3.05, 3.63) is 0 Å². The molecule has 0 bridgehead atoms. The van der Waals surface area contributed by atoms with Gasteiger partial charge in [0.25, 0.3) is 0 Å². The molecule has 0 aromatic carbocycles. The average molecular weight is 124 g/mol. The first-order chi connectivity index (χ1) is 4.41. The Morgan fingerprint density at radius 2 is 2.00 bits per heavy atom. The maximum absolute atomic E-state index is 2.30. The molecule has 0 N–H and O–H groups in total. The molecule has 0 aromatic heterocycles. The molecule has 0 aliphatic rings. The van der Waals surface area contributed by atoms with E-state index >= 15 is 0 Å². The number of unbranched alkanes of at least 4 members (excludes halogenated alkanes) is 2. The van der Waals surface area contributed by atoms with Gasteiger partial charge in [0.1, 0.15) is 0 Å². The zero-order chi connectivity index (χ0) is 6.95. The second-order valence-electron chi connectivity index (χ2n) is 2.40. The zero-order valence-electron chi connectivity index (χ0n) is 6.69. The fourth-order valence-electron chi connectivity index (χ4n) is 0.724. The van der Waals surface area contributed by atoms with Crippen LogP contribution in [0.25, 0.3) is 0 Å². The molecule has 52 valence electrons. The minimum atomic E-state index is 1.25. The Balaban J connectivity index is 2.86. The quantitative estimate of drug-likeness (QED) is 0.390. The fraction of sp³-hybridized carbons (Fsp3) is 0.875. The molecule has 0 heterocycles.